The van der Waals surface area contributed by atoms with Gasteiger partial charge in [0.05, 0.1) is 5.52 Å². The average molecular weight is 391 g/mol. The second kappa shape index (κ2) is 7.10. The summed E-state index contributed by atoms with van der Waals surface area (Å²) in [5.74, 6) is 3.34. The number of benzene rings is 1. The van der Waals surface area contributed by atoms with E-state index in [9.17, 15) is 4.79 Å². The zero-order valence-corrected chi connectivity index (χ0v) is 16.8. The molecule has 1 aromatic carbocycles. The van der Waals surface area contributed by atoms with Crippen molar-refractivity contribution in [3.63, 3.8) is 0 Å². The Morgan fingerprint density at radius 3 is 2.93 bits per heavy atom. The number of imidazole rings is 1. The van der Waals surface area contributed by atoms with Crippen molar-refractivity contribution in [2.75, 3.05) is 19.9 Å². The number of rotatable bonds is 4. The summed E-state index contributed by atoms with van der Waals surface area (Å²) in [6, 6.07) is 12.0. The number of aromatic nitrogens is 2. The fourth-order valence-electron chi connectivity index (χ4n) is 4.30. The maximum absolute atomic E-state index is 13.3. The van der Waals surface area contributed by atoms with Gasteiger partial charge in [-0.25, -0.2) is 4.98 Å². The fraction of sp³-hybridized carbons (Fsp3) is 0.391. The van der Waals surface area contributed by atoms with Crippen LogP contribution >= 0.6 is 0 Å². The molecule has 4 heterocycles. The van der Waals surface area contributed by atoms with Gasteiger partial charge in [0.1, 0.15) is 5.82 Å². The van der Waals surface area contributed by atoms with E-state index in [4.69, 9.17) is 14.5 Å². The van der Waals surface area contributed by atoms with Crippen LogP contribution in [0.25, 0.3) is 5.52 Å². The standard InChI is InChI=1S/C23H25N3O3/c1-15(2)11-21-24-22(18-5-3-4-9-26(18)21)23(27)25-10-8-17(13-25)16-6-7-19-20(12-16)29-14-28-19/h3-7,9,12,15,17H,8,10-11,13-14H2,1-2H3. The lowest BCUT2D eigenvalue weighted by Crippen LogP contribution is -2.29. The number of ether oxygens (including phenoxy) is 2. The molecule has 6 heteroatoms. The third-order valence-electron chi connectivity index (χ3n) is 5.76. The molecular formula is C23H25N3O3. The lowest BCUT2D eigenvalue weighted by Gasteiger charge is -2.16. The molecule has 29 heavy (non-hydrogen) atoms. The van der Waals surface area contributed by atoms with Crippen molar-refractivity contribution >= 4 is 11.4 Å². The minimum absolute atomic E-state index is 0.0203. The predicted octanol–water partition coefficient (Wildman–Crippen LogP) is 3.89. The second-order valence-electron chi connectivity index (χ2n) is 8.28. The van der Waals surface area contributed by atoms with E-state index in [-0.39, 0.29) is 12.7 Å². The van der Waals surface area contributed by atoms with E-state index in [1.165, 1.54) is 5.56 Å². The molecule has 1 saturated heterocycles. The summed E-state index contributed by atoms with van der Waals surface area (Å²) in [7, 11) is 0. The minimum Gasteiger partial charge on any atom is -0.454 e. The first-order valence-corrected chi connectivity index (χ1v) is 10.2. The highest BCUT2D eigenvalue weighted by Crippen LogP contribution is 2.37. The molecule has 0 saturated carbocycles. The molecule has 5 rings (SSSR count). The monoisotopic (exact) mass is 391 g/mol. The number of pyridine rings is 1. The molecule has 0 aliphatic carbocycles. The van der Waals surface area contributed by atoms with E-state index < -0.39 is 0 Å². The largest absolute Gasteiger partial charge is 0.454 e. The summed E-state index contributed by atoms with van der Waals surface area (Å²) in [4.78, 5) is 20.0. The van der Waals surface area contributed by atoms with Crippen molar-refractivity contribution in [3.05, 3.63) is 59.7 Å². The smallest absolute Gasteiger partial charge is 0.274 e. The summed E-state index contributed by atoms with van der Waals surface area (Å²) >= 11 is 0. The summed E-state index contributed by atoms with van der Waals surface area (Å²) in [6.45, 7) is 6.05. The van der Waals surface area contributed by atoms with Gasteiger partial charge in [0.2, 0.25) is 6.79 Å². The topological polar surface area (TPSA) is 56.1 Å². The molecule has 2 aliphatic rings. The zero-order chi connectivity index (χ0) is 20.0. The van der Waals surface area contributed by atoms with E-state index in [2.05, 4.69) is 24.3 Å². The van der Waals surface area contributed by atoms with E-state index in [1.54, 1.807) is 0 Å². The van der Waals surface area contributed by atoms with Crippen LogP contribution in [0.3, 0.4) is 0 Å². The summed E-state index contributed by atoms with van der Waals surface area (Å²) < 4.78 is 13.0. The Balaban J connectivity index is 1.39. The SMILES string of the molecule is CC(C)Cc1nc(C(=O)N2CCC(c3ccc4c(c3)OCO4)C2)c2ccccn12. The van der Waals surface area contributed by atoms with E-state index in [1.807, 2.05) is 41.4 Å². The van der Waals surface area contributed by atoms with Gasteiger partial charge in [-0.05, 0) is 42.2 Å². The average Bonchev–Trinajstić information content (AvgIpc) is 3.45. The maximum atomic E-state index is 13.3. The van der Waals surface area contributed by atoms with E-state index >= 15 is 0 Å². The van der Waals surface area contributed by atoms with Gasteiger partial charge in [0.25, 0.3) is 5.91 Å². The van der Waals surface area contributed by atoms with Crippen LogP contribution in [0.2, 0.25) is 0 Å². The van der Waals surface area contributed by atoms with Gasteiger partial charge >= 0.3 is 0 Å². The van der Waals surface area contributed by atoms with Crippen molar-refractivity contribution in [1.82, 2.24) is 14.3 Å². The van der Waals surface area contributed by atoms with E-state index in [0.717, 1.165) is 42.2 Å². The Labute approximate surface area is 170 Å². The Morgan fingerprint density at radius 1 is 1.21 bits per heavy atom. The van der Waals surface area contributed by atoms with Gasteiger partial charge < -0.3 is 18.8 Å². The quantitative estimate of drug-likeness (QED) is 0.677. The fourth-order valence-corrected chi connectivity index (χ4v) is 4.30. The number of carbonyl (C=O) groups is 1. The molecule has 3 aromatic rings. The van der Waals surface area contributed by atoms with Crippen LogP contribution in [0, 0.1) is 5.92 Å². The van der Waals surface area contributed by atoms with Crippen molar-refractivity contribution in [3.8, 4) is 11.5 Å². The Morgan fingerprint density at radius 2 is 2.07 bits per heavy atom. The van der Waals surface area contributed by atoms with Crippen LogP contribution in [-0.2, 0) is 6.42 Å². The van der Waals surface area contributed by atoms with Gasteiger partial charge in [-0.1, -0.05) is 26.0 Å². The van der Waals surface area contributed by atoms with Crippen molar-refractivity contribution < 1.29 is 14.3 Å². The highest BCUT2D eigenvalue weighted by atomic mass is 16.7. The number of carbonyl (C=O) groups excluding carboxylic acids is 1. The molecule has 2 aromatic heterocycles. The highest BCUT2D eigenvalue weighted by molar-refractivity contribution is 5.99. The zero-order valence-electron chi connectivity index (χ0n) is 16.8. The number of amides is 1. The third-order valence-corrected chi connectivity index (χ3v) is 5.76. The van der Waals surface area contributed by atoms with E-state index in [0.29, 0.717) is 24.1 Å². The van der Waals surface area contributed by atoms with Crippen LogP contribution in [0.1, 0.15) is 48.1 Å². The molecular weight excluding hydrogens is 366 g/mol. The van der Waals surface area contributed by atoms with Crippen LogP contribution in [0.15, 0.2) is 42.6 Å². The molecule has 150 valence electrons. The molecule has 6 nitrogen and oxygen atoms in total. The first-order chi connectivity index (χ1) is 14.1. The number of hydrogen-bond donors (Lipinski definition) is 0. The molecule has 0 bridgehead atoms. The molecule has 2 aliphatic heterocycles. The first-order valence-electron chi connectivity index (χ1n) is 10.2. The van der Waals surface area contributed by atoms with Gasteiger partial charge in [-0.15, -0.1) is 0 Å². The molecule has 1 unspecified atom stereocenters. The van der Waals surface area contributed by atoms with Crippen LogP contribution in [0.4, 0.5) is 0 Å². The lowest BCUT2D eigenvalue weighted by atomic mass is 9.98. The normalized spacial score (nSPS) is 18.2. The minimum atomic E-state index is 0.0203. The Hall–Kier alpha value is -3.02. The summed E-state index contributed by atoms with van der Waals surface area (Å²) in [5.41, 5.74) is 2.65. The Kier molecular flexibility index (Phi) is 4.42. The molecule has 1 atom stereocenters. The molecule has 1 amide bonds. The van der Waals surface area contributed by atoms with Crippen molar-refractivity contribution in [2.45, 2.75) is 32.6 Å². The molecule has 0 spiro atoms. The number of nitrogens with zero attached hydrogens (tertiary/aromatic N) is 3. The first kappa shape index (κ1) is 18.0. The second-order valence-corrected chi connectivity index (χ2v) is 8.28. The van der Waals surface area contributed by atoms with Gasteiger partial charge in [-0.3, -0.25) is 4.79 Å². The number of fused-ring (bicyclic) bond motifs is 2. The lowest BCUT2D eigenvalue weighted by molar-refractivity contribution is 0.0787. The van der Waals surface area contributed by atoms with Gasteiger partial charge in [0.15, 0.2) is 17.2 Å². The molecule has 0 N–H and O–H groups in total. The number of hydrogen-bond acceptors (Lipinski definition) is 4. The van der Waals surface area contributed by atoms with Gasteiger partial charge in [0, 0.05) is 31.6 Å². The predicted molar refractivity (Wildman–Crippen MR) is 110 cm³/mol. The Bertz CT molecular complexity index is 1070. The van der Waals surface area contributed by atoms with Crippen molar-refractivity contribution in [2.24, 2.45) is 5.92 Å². The molecule has 1 fully saturated rings. The van der Waals surface area contributed by atoms with Crippen LogP contribution < -0.4 is 9.47 Å². The van der Waals surface area contributed by atoms with Crippen LogP contribution in [-0.4, -0.2) is 40.1 Å². The third kappa shape index (κ3) is 3.22. The molecule has 0 radical (unpaired) electrons. The number of likely N-dealkylation sites (tertiary alicyclic amines) is 1. The maximum Gasteiger partial charge on any atom is 0.274 e. The van der Waals surface area contributed by atoms with Crippen LogP contribution in [0.5, 0.6) is 11.5 Å². The van der Waals surface area contributed by atoms with Crippen molar-refractivity contribution in [1.29, 1.82) is 0 Å². The summed E-state index contributed by atoms with van der Waals surface area (Å²) in [5, 5.41) is 0. The van der Waals surface area contributed by atoms with Gasteiger partial charge in [-0.2, -0.15) is 0 Å². The summed E-state index contributed by atoms with van der Waals surface area (Å²) in [6.07, 6.45) is 3.78. The highest BCUT2D eigenvalue weighted by Gasteiger charge is 2.31.